The van der Waals surface area contributed by atoms with Gasteiger partial charge in [-0.2, -0.15) is 0 Å². The summed E-state index contributed by atoms with van der Waals surface area (Å²) >= 11 is 2.05. The van der Waals surface area contributed by atoms with Gasteiger partial charge >= 0.3 is 5.97 Å². The quantitative estimate of drug-likeness (QED) is 0.242. The number of hydrogen-bond donors (Lipinski definition) is 4. The molecule has 0 amide bonds. The minimum Gasteiger partial charge on any atom is -0.504 e. The molecule has 7 nitrogen and oxygen atoms in total. The summed E-state index contributed by atoms with van der Waals surface area (Å²) < 4.78 is 9.70. The van der Waals surface area contributed by atoms with E-state index >= 15 is 0 Å². The monoisotopic (exact) mass is 412 g/mol. The first-order chi connectivity index (χ1) is 9.60. The fourth-order valence-corrected chi connectivity index (χ4v) is 1.50. The molecule has 118 valence electrons. The van der Waals surface area contributed by atoms with Gasteiger partial charge in [0.05, 0.1) is 12.2 Å². The standard InChI is InChI=1S/C13H17IO7/c1-13(2,14)21-6-8(15)5-20-12(19)7-3-9(16)11(18)10(17)4-7/h3-4,8,15-18H,5-6H2,1-2H3. The second kappa shape index (κ2) is 7.14. The molecule has 8 heteroatoms. The lowest BCUT2D eigenvalue weighted by molar-refractivity contribution is -0.0318. The summed E-state index contributed by atoms with van der Waals surface area (Å²) in [4.78, 5) is 11.7. The summed E-state index contributed by atoms with van der Waals surface area (Å²) in [6, 6.07) is 1.91. The van der Waals surface area contributed by atoms with Crippen LogP contribution in [0, 0.1) is 0 Å². The molecule has 1 aromatic carbocycles. The maximum absolute atomic E-state index is 11.7. The van der Waals surface area contributed by atoms with Crippen LogP contribution >= 0.6 is 22.6 Å². The average Bonchev–Trinajstić information content (AvgIpc) is 2.38. The Bertz CT molecular complexity index is 487. The first-order valence-electron chi connectivity index (χ1n) is 6.03. The highest BCUT2D eigenvalue weighted by molar-refractivity contribution is 14.1. The summed E-state index contributed by atoms with van der Waals surface area (Å²) in [5, 5.41) is 37.4. The number of phenols is 3. The summed E-state index contributed by atoms with van der Waals surface area (Å²) in [5.41, 5.74) is -0.148. The number of esters is 1. The molecule has 21 heavy (non-hydrogen) atoms. The van der Waals surface area contributed by atoms with Crippen molar-refractivity contribution in [2.24, 2.45) is 0 Å². The lowest BCUT2D eigenvalue weighted by Gasteiger charge is -2.20. The molecule has 4 N–H and O–H groups in total. The second-order valence-electron chi connectivity index (χ2n) is 4.79. The van der Waals surface area contributed by atoms with Crippen LogP contribution in [-0.4, -0.2) is 49.3 Å². The number of carbonyl (C=O) groups is 1. The highest BCUT2D eigenvalue weighted by atomic mass is 127. The second-order valence-corrected chi connectivity index (χ2v) is 7.39. The lowest BCUT2D eigenvalue weighted by Crippen LogP contribution is -2.28. The van der Waals surface area contributed by atoms with E-state index in [-0.39, 0.29) is 18.8 Å². The number of aliphatic hydroxyl groups is 1. The highest BCUT2D eigenvalue weighted by Crippen LogP contribution is 2.35. The summed E-state index contributed by atoms with van der Waals surface area (Å²) in [6.07, 6.45) is -0.998. The number of halogens is 1. The van der Waals surface area contributed by atoms with Crippen molar-refractivity contribution in [1.82, 2.24) is 0 Å². The largest absolute Gasteiger partial charge is 0.504 e. The summed E-state index contributed by atoms with van der Waals surface area (Å²) in [5.74, 6) is -2.85. The van der Waals surface area contributed by atoms with Crippen LogP contribution in [0.2, 0.25) is 0 Å². The molecule has 0 fully saturated rings. The number of alkyl halides is 1. The maximum atomic E-state index is 11.7. The topological polar surface area (TPSA) is 116 Å². The van der Waals surface area contributed by atoms with Crippen molar-refractivity contribution in [2.45, 2.75) is 23.6 Å². The van der Waals surface area contributed by atoms with Crippen molar-refractivity contribution in [3.05, 3.63) is 17.7 Å². The smallest absolute Gasteiger partial charge is 0.338 e. The van der Waals surface area contributed by atoms with Gasteiger partial charge in [0.15, 0.2) is 17.2 Å². The lowest BCUT2D eigenvalue weighted by atomic mass is 10.2. The SMILES string of the molecule is CC(C)(I)OCC(O)COC(=O)c1cc(O)c(O)c(O)c1. The normalized spacial score (nSPS) is 13.0. The Morgan fingerprint density at radius 1 is 1.24 bits per heavy atom. The van der Waals surface area contributed by atoms with Crippen LogP contribution < -0.4 is 0 Å². The van der Waals surface area contributed by atoms with Crippen molar-refractivity contribution in [3.8, 4) is 17.2 Å². The molecule has 0 heterocycles. The number of carbonyl (C=O) groups excluding carboxylic acids is 1. The van der Waals surface area contributed by atoms with Gasteiger partial charge in [0, 0.05) is 0 Å². The van der Waals surface area contributed by atoms with Gasteiger partial charge in [0.1, 0.15) is 16.3 Å². The molecule has 1 aromatic rings. The van der Waals surface area contributed by atoms with Crippen molar-refractivity contribution < 1.29 is 34.7 Å². The van der Waals surface area contributed by atoms with Crippen LogP contribution in [-0.2, 0) is 9.47 Å². The van der Waals surface area contributed by atoms with E-state index in [9.17, 15) is 20.1 Å². The molecule has 0 spiro atoms. The average molecular weight is 412 g/mol. The maximum Gasteiger partial charge on any atom is 0.338 e. The van der Waals surface area contributed by atoms with Crippen LogP contribution in [0.5, 0.6) is 17.2 Å². The van der Waals surface area contributed by atoms with E-state index in [0.717, 1.165) is 12.1 Å². The molecular weight excluding hydrogens is 395 g/mol. The van der Waals surface area contributed by atoms with E-state index in [1.165, 1.54) is 0 Å². The van der Waals surface area contributed by atoms with Crippen molar-refractivity contribution >= 4 is 28.6 Å². The molecule has 0 saturated heterocycles. The molecule has 0 aliphatic heterocycles. The van der Waals surface area contributed by atoms with E-state index in [0.29, 0.717) is 0 Å². The van der Waals surface area contributed by atoms with Crippen molar-refractivity contribution in [2.75, 3.05) is 13.2 Å². The number of aliphatic hydroxyl groups excluding tert-OH is 1. The van der Waals surface area contributed by atoms with Gasteiger partial charge in [0.25, 0.3) is 0 Å². The van der Waals surface area contributed by atoms with Crippen LogP contribution in [0.4, 0.5) is 0 Å². The fourth-order valence-electron chi connectivity index (χ4n) is 1.32. The first kappa shape index (κ1) is 17.8. The molecular formula is C13H17IO7. The number of phenolic OH excluding ortho intramolecular Hbond substituents is 3. The molecule has 1 unspecified atom stereocenters. The predicted molar refractivity (Wildman–Crippen MR) is 81.8 cm³/mol. The van der Waals surface area contributed by atoms with Crippen LogP contribution in [0.25, 0.3) is 0 Å². The minimum absolute atomic E-state index is 0.00466. The predicted octanol–water partition coefficient (Wildman–Crippen LogP) is 1.51. The fraction of sp³-hybridized carbons (Fsp3) is 0.462. The highest BCUT2D eigenvalue weighted by Gasteiger charge is 2.18. The number of benzene rings is 1. The summed E-state index contributed by atoms with van der Waals surface area (Å²) in [7, 11) is 0. The van der Waals surface area contributed by atoms with E-state index in [1.807, 2.05) is 13.8 Å². The number of rotatable bonds is 6. The zero-order valence-electron chi connectivity index (χ0n) is 11.5. The Balaban J connectivity index is 2.54. The van der Waals surface area contributed by atoms with E-state index in [2.05, 4.69) is 22.6 Å². The van der Waals surface area contributed by atoms with Crippen LogP contribution in [0.3, 0.4) is 0 Å². The van der Waals surface area contributed by atoms with Gasteiger partial charge in [0.2, 0.25) is 0 Å². The molecule has 0 radical (unpaired) electrons. The van der Waals surface area contributed by atoms with E-state index in [4.69, 9.17) is 14.6 Å². The van der Waals surface area contributed by atoms with Crippen LogP contribution in [0.15, 0.2) is 12.1 Å². The molecule has 1 rings (SSSR count). The third kappa shape index (κ3) is 5.94. The molecule has 0 aliphatic rings. The van der Waals surface area contributed by atoms with Crippen molar-refractivity contribution in [1.29, 1.82) is 0 Å². The third-order valence-electron chi connectivity index (χ3n) is 2.33. The third-order valence-corrected chi connectivity index (χ3v) is 2.64. The molecule has 0 aliphatic carbocycles. The Morgan fingerprint density at radius 2 is 1.76 bits per heavy atom. The van der Waals surface area contributed by atoms with Gasteiger partial charge in [-0.05, 0) is 48.6 Å². The minimum atomic E-state index is -0.998. The van der Waals surface area contributed by atoms with Crippen molar-refractivity contribution in [3.63, 3.8) is 0 Å². The Labute approximate surface area is 135 Å². The Morgan fingerprint density at radius 3 is 2.24 bits per heavy atom. The van der Waals surface area contributed by atoms with E-state index in [1.54, 1.807) is 0 Å². The zero-order chi connectivity index (χ0) is 16.2. The Kier molecular flexibility index (Phi) is 6.05. The van der Waals surface area contributed by atoms with Gasteiger partial charge in [-0.25, -0.2) is 4.79 Å². The van der Waals surface area contributed by atoms with E-state index < -0.39 is 32.9 Å². The zero-order valence-corrected chi connectivity index (χ0v) is 13.7. The van der Waals surface area contributed by atoms with Gasteiger partial charge in [-0.15, -0.1) is 0 Å². The van der Waals surface area contributed by atoms with Gasteiger partial charge < -0.3 is 29.9 Å². The molecule has 0 saturated carbocycles. The van der Waals surface area contributed by atoms with Crippen LogP contribution in [0.1, 0.15) is 24.2 Å². The van der Waals surface area contributed by atoms with Gasteiger partial charge in [-0.3, -0.25) is 0 Å². The Hall–Kier alpha value is -1.26. The van der Waals surface area contributed by atoms with Gasteiger partial charge in [-0.1, -0.05) is 0 Å². The molecule has 1 atom stereocenters. The number of aromatic hydroxyl groups is 3. The number of hydrogen-bond acceptors (Lipinski definition) is 7. The number of ether oxygens (including phenoxy) is 2. The molecule has 0 aromatic heterocycles. The first-order valence-corrected chi connectivity index (χ1v) is 7.11. The molecule has 0 bridgehead atoms. The summed E-state index contributed by atoms with van der Waals surface area (Å²) in [6.45, 7) is 3.33.